The van der Waals surface area contributed by atoms with Gasteiger partial charge in [-0.2, -0.15) is 0 Å². The average Bonchev–Trinajstić information content (AvgIpc) is 3.40. The van der Waals surface area contributed by atoms with Crippen molar-refractivity contribution in [2.75, 3.05) is 6.61 Å². The highest BCUT2D eigenvalue weighted by molar-refractivity contribution is 5.76. The van der Waals surface area contributed by atoms with E-state index in [1.807, 2.05) is 6.08 Å². The molecule has 0 aromatic carbocycles. The number of hydrogen-bond donors (Lipinski definition) is 3. The largest absolute Gasteiger partial charge is 0.394 e. The van der Waals surface area contributed by atoms with Crippen LogP contribution in [0.15, 0.2) is 72.9 Å². The third-order valence-electron chi connectivity index (χ3n) is 14.9. The third kappa shape index (κ3) is 60.6. The van der Waals surface area contributed by atoms with Crippen LogP contribution in [0.3, 0.4) is 0 Å². The van der Waals surface area contributed by atoms with E-state index < -0.39 is 12.1 Å². The van der Waals surface area contributed by atoms with Gasteiger partial charge in [0, 0.05) is 6.42 Å². The molecule has 0 saturated carbocycles. The second-order valence-corrected chi connectivity index (χ2v) is 22.2. The fourth-order valence-electron chi connectivity index (χ4n) is 9.93. The standard InChI is InChI=1S/C69H127NO3/c1-3-5-7-9-11-13-15-17-19-21-23-25-27-29-31-32-33-34-35-36-37-38-39-41-43-45-47-49-51-53-55-57-59-61-63-65-69(73)70-67(66-71)68(72)64-62-60-58-56-54-52-50-48-46-44-42-40-30-28-26-24-22-20-18-16-14-12-10-8-6-4-2/h15,17,21,23,27,29,46,48,54,56,62,64,67-68,71-72H,3-14,16,18-20,22,24-26,28,30-45,47,49-53,55,57-61,63,65-66H2,1-2H3,(H,70,73)/b17-15-,23-21-,29-27-,48-46+,56-54+,64-62+. The van der Waals surface area contributed by atoms with Crippen molar-refractivity contribution in [3.05, 3.63) is 72.9 Å². The molecule has 0 saturated heterocycles. The van der Waals surface area contributed by atoms with E-state index in [0.29, 0.717) is 6.42 Å². The van der Waals surface area contributed by atoms with Crippen molar-refractivity contribution in [2.45, 2.75) is 353 Å². The smallest absolute Gasteiger partial charge is 0.220 e. The number of allylic oxidation sites excluding steroid dienone is 11. The number of aliphatic hydroxyl groups excluding tert-OH is 2. The maximum Gasteiger partial charge on any atom is 0.220 e. The van der Waals surface area contributed by atoms with Gasteiger partial charge in [-0.25, -0.2) is 0 Å². The molecule has 1 amide bonds. The first kappa shape index (κ1) is 70.8. The Morgan fingerprint density at radius 3 is 0.890 bits per heavy atom. The highest BCUT2D eigenvalue weighted by atomic mass is 16.3. The minimum atomic E-state index is -0.873. The van der Waals surface area contributed by atoms with Crippen LogP contribution in [0, 0.1) is 0 Å². The number of aliphatic hydroxyl groups is 2. The molecule has 0 aromatic rings. The van der Waals surface area contributed by atoms with Crippen molar-refractivity contribution >= 4 is 5.91 Å². The minimum Gasteiger partial charge on any atom is -0.394 e. The Hall–Kier alpha value is -2.17. The maximum atomic E-state index is 12.5. The van der Waals surface area contributed by atoms with Crippen molar-refractivity contribution in [3.8, 4) is 0 Å². The van der Waals surface area contributed by atoms with Crippen molar-refractivity contribution in [3.63, 3.8) is 0 Å². The molecule has 0 aliphatic rings. The van der Waals surface area contributed by atoms with Crippen LogP contribution in [0.5, 0.6) is 0 Å². The summed E-state index contributed by atoms with van der Waals surface area (Å²) < 4.78 is 0. The topological polar surface area (TPSA) is 69.6 Å². The van der Waals surface area contributed by atoms with Gasteiger partial charge < -0.3 is 15.5 Å². The minimum absolute atomic E-state index is 0.0739. The molecule has 0 aliphatic carbocycles. The lowest BCUT2D eigenvalue weighted by Crippen LogP contribution is -2.45. The number of unbranched alkanes of at least 4 members (excludes halogenated alkanes) is 43. The van der Waals surface area contributed by atoms with E-state index >= 15 is 0 Å². The fourth-order valence-corrected chi connectivity index (χ4v) is 9.93. The second-order valence-electron chi connectivity index (χ2n) is 22.2. The van der Waals surface area contributed by atoms with Gasteiger partial charge in [-0.15, -0.1) is 0 Å². The van der Waals surface area contributed by atoms with Crippen LogP contribution >= 0.6 is 0 Å². The molecule has 73 heavy (non-hydrogen) atoms. The van der Waals surface area contributed by atoms with E-state index in [9.17, 15) is 15.0 Å². The molecule has 0 aliphatic heterocycles. The van der Waals surface area contributed by atoms with Gasteiger partial charge in [0.05, 0.1) is 18.8 Å². The van der Waals surface area contributed by atoms with Crippen molar-refractivity contribution in [1.82, 2.24) is 5.32 Å². The van der Waals surface area contributed by atoms with E-state index in [1.54, 1.807) is 6.08 Å². The van der Waals surface area contributed by atoms with E-state index in [4.69, 9.17) is 0 Å². The van der Waals surface area contributed by atoms with Gasteiger partial charge in [-0.3, -0.25) is 4.79 Å². The predicted molar refractivity (Wildman–Crippen MR) is 327 cm³/mol. The van der Waals surface area contributed by atoms with Crippen LogP contribution in [0.25, 0.3) is 0 Å². The van der Waals surface area contributed by atoms with Gasteiger partial charge in [0.2, 0.25) is 5.91 Å². The van der Waals surface area contributed by atoms with Gasteiger partial charge in [0.15, 0.2) is 0 Å². The first-order chi connectivity index (χ1) is 36.2. The summed E-state index contributed by atoms with van der Waals surface area (Å²) in [6.45, 7) is 4.31. The van der Waals surface area contributed by atoms with Crippen molar-refractivity contribution < 1.29 is 15.0 Å². The maximum absolute atomic E-state index is 12.5. The Balaban J connectivity index is 3.50. The Morgan fingerprint density at radius 2 is 0.575 bits per heavy atom. The third-order valence-corrected chi connectivity index (χ3v) is 14.9. The molecule has 0 bridgehead atoms. The van der Waals surface area contributed by atoms with Crippen LogP contribution in [0.4, 0.5) is 0 Å². The molecule has 4 nitrogen and oxygen atoms in total. The molecule has 0 aromatic heterocycles. The molecule has 0 spiro atoms. The van der Waals surface area contributed by atoms with Gasteiger partial charge in [0.1, 0.15) is 0 Å². The number of carbonyl (C=O) groups excluding carboxylic acids is 1. The zero-order valence-electron chi connectivity index (χ0n) is 49.2. The lowest BCUT2D eigenvalue weighted by Gasteiger charge is -2.19. The van der Waals surface area contributed by atoms with Gasteiger partial charge in [0.25, 0.3) is 0 Å². The monoisotopic (exact) mass is 1020 g/mol. The van der Waals surface area contributed by atoms with Gasteiger partial charge in [-0.05, 0) is 83.5 Å². The summed E-state index contributed by atoms with van der Waals surface area (Å²) in [5, 5.41) is 23.2. The Bertz CT molecular complexity index is 1250. The SMILES string of the molecule is CCCCCCC/C=C\C/C=C\C/C=C\CCCCCCCCCCCCCCCCCCCCCCC(=O)NC(CO)C(O)/C=C/CC/C=C/CC/C=C/CCCCCCCCCCCCCCCCCC. The molecular weight excluding hydrogens is 891 g/mol. The summed E-state index contributed by atoms with van der Waals surface area (Å²) in [5.41, 5.74) is 0. The molecule has 0 fully saturated rings. The van der Waals surface area contributed by atoms with Crippen molar-refractivity contribution in [2.24, 2.45) is 0 Å². The Morgan fingerprint density at radius 1 is 0.329 bits per heavy atom. The number of rotatable bonds is 60. The number of hydrogen-bond acceptors (Lipinski definition) is 3. The van der Waals surface area contributed by atoms with Crippen LogP contribution in [-0.4, -0.2) is 34.9 Å². The molecule has 3 N–H and O–H groups in total. The molecule has 4 heteroatoms. The Labute approximate surface area is 457 Å². The van der Waals surface area contributed by atoms with Crippen molar-refractivity contribution in [1.29, 1.82) is 0 Å². The lowest BCUT2D eigenvalue weighted by atomic mass is 10.0. The van der Waals surface area contributed by atoms with E-state index in [-0.39, 0.29) is 12.5 Å². The zero-order valence-corrected chi connectivity index (χ0v) is 49.2. The first-order valence-electron chi connectivity index (χ1n) is 32.7. The normalized spacial score (nSPS) is 13.2. The Kier molecular flexibility index (Phi) is 62.2. The summed E-state index contributed by atoms with van der Waals surface area (Å²) in [6, 6.07) is -0.649. The van der Waals surface area contributed by atoms with E-state index in [2.05, 4.69) is 79.9 Å². The van der Waals surface area contributed by atoms with E-state index in [1.165, 1.54) is 270 Å². The molecule has 2 atom stereocenters. The summed E-state index contributed by atoms with van der Waals surface area (Å²) >= 11 is 0. The lowest BCUT2D eigenvalue weighted by molar-refractivity contribution is -0.123. The van der Waals surface area contributed by atoms with E-state index in [0.717, 1.165) is 51.4 Å². The fraction of sp³-hybridized carbons (Fsp3) is 0.812. The van der Waals surface area contributed by atoms with Crippen LogP contribution in [0.1, 0.15) is 341 Å². The molecule has 426 valence electrons. The summed E-state index contributed by atoms with van der Waals surface area (Å²) in [7, 11) is 0. The predicted octanol–water partition coefficient (Wildman–Crippen LogP) is 22.1. The molecule has 0 rings (SSSR count). The molecular formula is C69H127NO3. The number of carbonyl (C=O) groups is 1. The number of nitrogens with one attached hydrogen (secondary N) is 1. The molecule has 2 unspecified atom stereocenters. The van der Waals surface area contributed by atoms with Gasteiger partial charge in [-0.1, -0.05) is 324 Å². The quantitative estimate of drug-likeness (QED) is 0.0420. The van der Waals surface area contributed by atoms with Crippen LogP contribution < -0.4 is 5.32 Å². The summed E-state index contributed by atoms with van der Waals surface area (Å²) in [4.78, 5) is 12.5. The summed E-state index contributed by atoms with van der Waals surface area (Å²) in [6.07, 6.45) is 92.5. The highest BCUT2D eigenvalue weighted by Gasteiger charge is 2.18. The van der Waals surface area contributed by atoms with Gasteiger partial charge >= 0.3 is 0 Å². The molecule has 0 radical (unpaired) electrons. The highest BCUT2D eigenvalue weighted by Crippen LogP contribution is 2.17. The average molecular weight is 1020 g/mol. The second kappa shape index (κ2) is 64.1. The summed E-state index contributed by atoms with van der Waals surface area (Å²) in [5.74, 6) is -0.0739. The van der Waals surface area contributed by atoms with Crippen LogP contribution in [0.2, 0.25) is 0 Å². The zero-order chi connectivity index (χ0) is 52.7. The molecule has 0 heterocycles. The van der Waals surface area contributed by atoms with Crippen LogP contribution in [-0.2, 0) is 4.79 Å². The number of amides is 1. The first-order valence-corrected chi connectivity index (χ1v) is 32.7.